The first kappa shape index (κ1) is 16.2. The minimum Gasteiger partial charge on any atom is -0.383 e. The van der Waals surface area contributed by atoms with E-state index in [0.717, 1.165) is 36.2 Å². The number of halogens is 1. The monoisotopic (exact) mass is 375 g/mol. The first-order valence-electron chi connectivity index (χ1n) is 7.87. The first-order valence-corrected chi connectivity index (χ1v) is 8.66. The van der Waals surface area contributed by atoms with E-state index in [0.29, 0.717) is 11.9 Å². The van der Waals surface area contributed by atoms with Crippen LogP contribution in [0.5, 0.6) is 0 Å². The Labute approximate surface area is 145 Å². The van der Waals surface area contributed by atoms with Crippen molar-refractivity contribution in [2.45, 2.75) is 19.9 Å². The van der Waals surface area contributed by atoms with Gasteiger partial charge in [-0.15, -0.1) is 0 Å². The molecule has 0 spiro atoms. The van der Waals surface area contributed by atoms with E-state index in [1.165, 1.54) is 11.3 Å². The Bertz CT molecular complexity index is 668. The van der Waals surface area contributed by atoms with Gasteiger partial charge in [-0.25, -0.2) is 4.98 Å². The van der Waals surface area contributed by atoms with Crippen molar-refractivity contribution in [3.63, 3.8) is 0 Å². The number of rotatable bonds is 3. The summed E-state index contributed by atoms with van der Waals surface area (Å²) in [4.78, 5) is 13.3. The van der Waals surface area contributed by atoms with Crippen LogP contribution >= 0.6 is 15.9 Å². The van der Waals surface area contributed by atoms with Crippen LogP contribution < -0.4 is 10.6 Å². The number of hydrogen-bond acceptors (Lipinski definition) is 5. The van der Waals surface area contributed by atoms with Gasteiger partial charge in [0, 0.05) is 56.4 Å². The van der Waals surface area contributed by atoms with Gasteiger partial charge in [0.2, 0.25) is 0 Å². The summed E-state index contributed by atoms with van der Waals surface area (Å²) in [6.07, 6.45) is 5.58. The van der Waals surface area contributed by atoms with Crippen molar-refractivity contribution < 1.29 is 0 Å². The van der Waals surface area contributed by atoms with Crippen molar-refractivity contribution in [3.8, 4) is 0 Å². The summed E-state index contributed by atoms with van der Waals surface area (Å²) in [6.45, 7) is 8.28. The summed E-state index contributed by atoms with van der Waals surface area (Å²) in [7, 11) is 0. The zero-order chi connectivity index (χ0) is 16.4. The number of nitrogen functional groups attached to an aromatic ring is 1. The molecule has 1 atom stereocenters. The van der Waals surface area contributed by atoms with Crippen molar-refractivity contribution >= 4 is 27.4 Å². The topological polar surface area (TPSA) is 58.3 Å². The van der Waals surface area contributed by atoms with Crippen molar-refractivity contribution in [2.75, 3.05) is 36.8 Å². The number of hydrogen-bond donors (Lipinski definition) is 1. The first-order chi connectivity index (χ1) is 11.1. The highest BCUT2D eigenvalue weighted by molar-refractivity contribution is 9.10. The number of aromatic nitrogens is 2. The maximum Gasteiger partial charge on any atom is 0.128 e. The molecule has 5 nitrogen and oxygen atoms in total. The standard InChI is InChI=1S/C17H22BrN5/c1-12-16(15(18)11-21-17(12)19)23-8-6-22(7-9-23)13(2)14-4-3-5-20-10-14/h3-5,10-11,13H,6-9H2,1-2H3,(H2,19,21). The molecule has 122 valence electrons. The molecule has 0 saturated carbocycles. The molecule has 1 fully saturated rings. The van der Waals surface area contributed by atoms with Crippen molar-refractivity contribution in [3.05, 3.63) is 46.3 Å². The second-order valence-corrected chi connectivity index (χ2v) is 6.80. The van der Waals surface area contributed by atoms with Crippen LogP contribution in [0.4, 0.5) is 11.5 Å². The molecule has 2 aromatic heterocycles. The highest BCUT2D eigenvalue weighted by atomic mass is 79.9. The molecule has 0 aromatic carbocycles. The predicted molar refractivity (Wildman–Crippen MR) is 97.5 cm³/mol. The SMILES string of the molecule is Cc1c(N)ncc(Br)c1N1CCN(C(C)c2cccnc2)CC1. The zero-order valence-corrected chi connectivity index (χ0v) is 15.1. The van der Waals surface area contributed by atoms with Gasteiger partial charge in [0.1, 0.15) is 5.82 Å². The average Bonchev–Trinajstić information content (AvgIpc) is 2.59. The van der Waals surface area contributed by atoms with E-state index >= 15 is 0 Å². The number of piperazine rings is 1. The number of nitrogens with two attached hydrogens (primary N) is 1. The van der Waals surface area contributed by atoms with Crippen LogP contribution in [0.3, 0.4) is 0 Å². The molecule has 3 heterocycles. The van der Waals surface area contributed by atoms with Gasteiger partial charge in [-0.2, -0.15) is 0 Å². The lowest BCUT2D eigenvalue weighted by molar-refractivity contribution is 0.198. The van der Waals surface area contributed by atoms with E-state index in [9.17, 15) is 0 Å². The highest BCUT2D eigenvalue weighted by Gasteiger charge is 2.24. The van der Waals surface area contributed by atoms with Crippen LogP contribution in [-0.4, -0.2) is 41.0 Å². The average molecular weight is 376 g/mol. The van der Waals surface area contributed by atoms with E-state index in [2.05, 4.69) is 48.7 Å². The Balaban J connectivity index is 1.71. The third-order valence-electron chi connectivity index (χ3n) is 4.63. The summed E-state index contributed by atoms with van der Waals surface area (Å²) < 4.78 is 1.01. The quantitative estimate of drug-likeness (QED) is 0.893. The molecule has 2 aromatic rings. The lowest BCUT2D eigenvalue weighted by atomic mass is 10.1. The van der Waals surface area contributed by atoms with E-state index in [-0.39, 0.29) is 0 Å². The Morgan fingerprint density at radius 2 is 1.96 bits per heavy atom. The van der Waals surface area contributed by atoms with E-state index < -0.39 is 0 Å². The fraction of sp³-hybridized carbons (Fsp3) is 0.412. The Morgan fingerprint density at radius 1 is 1.22 bits per heavy atom. The fourth-order valence-electron chi connectivity index (χ4n) is 3.14. The van der Waals surface area contributed by atoms with Crippen molar-refractivity contribution in [1.29, 1.82) is 0 Å². The predicted octanol–water partition coefficient (Wildman–Crippen LogP) is 3.01. The minimum atomic E-state index is 0.387. The Morgan fingerprint density at radius 3 is 2.61 bits per heavy atom. The highest BCUT2D eigenvalue weighted by Crippen LogP contribution is 2.33. The smallest absolute Gasteiger partial charge is 0.128 e. The normalized spacial score (nSPS) is 17.3. The molecular weight excluding hydrogens is 354 g/mol. The van der Waals surface area contributed by atoms with E-state index in [1.54, 1.807) is 6.20 Å². The molecule has 6 heteroatoms. The molecular formula is C17H22BrN5. The lowest BCUT2D eigenvalue weighted by Crippen LogP contribution is -2.47. The molecule has 1 saturated heterocycles. The minimum absolute atomic E-state index is 0.387. The lowest BCUT2D eigenvalue weighted by Gasteiger charge is -2.40. The van der Waals surface area contributed by atoms with Crippen LogP contribution in [0.15, 0.2) is 35.2 Å². The van der Waals surface area contributed by atoms with Gasteiger partial charge < -0.3 is 10.6 Å². The molecule has 1 aliphatic rings. The van der Waals surface area contributed by atoms with Crippen LogP contribution in [0.1, 0.15) is 24.1 Å². The largest absolute Gasteiger partial charge is 0.383 e. The molecule has 23 heavy (non-hydrogen) atoms. The van der Waals surface area contributed by atoms with Crippen LogP contribution in [0.25, 0.3) is 0 Å². The molecule has 0 aliphatic carbocycles. The van der Waals surface area contributed by atoms with Gasteiger partial charge in [0.05, 0.1) is 10.2 Å². The molecule has 2 N–H and O–H groups in total. The van der Waals surface area contributed by atoms with Gasteiger partial charge in [0.25, 0.3) is 0 Å². The third-order valence-corrected chi connectivity index (χ3v) is 5.21. The van der Waals surface area contributed by atoms with Gasteiger partial charge in [-0.1, -0.05) is 6.07 Å². The van der Waals surface area contributed by atoms with Crippen molar-refractivity contribution in [2.24, 2.45) is 0 Å². The maximum absolute atomic E-state index is 5.97. The van der Waals surface area contributed by atoms with Gasteiger partial charge in [0.15, 0.2) is 0 Å². The molecule has 3 rings (SSSR count). The van der Waals surface area contributed by atoms with Gasteiger partial charge in [-0.05, 0) is 41.4 Å². The Hall–Kier alpha value is -1.66. The second kappa shape index (κ2) is 6.84. The second-order valence-electron chi connectivity index (χ2n) is 5.95. The summed E-state index contributed by atoms with van der Waals surface area (Å²) in [5.41, 5.74) is 9.46. The molecule has 1 aliphatic heterocycles. The molecule has 1 unspecified atom stereocenters. The molecule has 0 amide bonds. The number of anilines is 2. The van der Waals surface area contributed by atoms with Gasteiger partial charge >= 0.3 is 0 Å². The third kappa shape index (κ3) is 3.33. The number of pyridine rings is 2. The summed E-state index contributed by atoms with van der Waals surface area (Å²) in [5, 5.41) is 0. The van der Waals surface area contributed by atoms with Crippen molar-refractivity contribution in [1.82, 2.24) is 14.9 Å². The molecule has 0 bridgehead atoms. The fourth-order valence-corrected chi connectivity index (χ4v) is 3.79. The maximum atomic E-state index is 5.97. The summed E-state index contributed by atoms with van der Waals surface area (Å²) in [5.74, 6) is 0.606. The summed E-state index contributed by atoms with van der Waals surface area (Å²) >= 11 is 3.62. The van der Waals surface area contributed by atoms with Gasteiger partial charge in [-0.3, -0.25) is 9.88 Å². The van der Waals surface area contributed by atoms with Crippen LogP contribution in [0, 0.1) is 6.92 Å². The summed E-state index contributed by atoms with van der Waals surface area (Å²) in [6, 6.07) is 4.54. The van der Waals surface area contributed by atoms with Crippen LogP contribution in [-0.2, 0) is 0 Å². The zero-order valence-electron chi connectivity index (χ0n) is 13.5. The molecule has 0 radical (unpaired) electrons. The van der Waals surface area contributed by atoms with E-state index in [1.807, 2.05) is 25.4 Å². The van der Waals surface area contributed by atoms with E-state index in [4.69, 9.17) is 5.73 Å². The Kier molecular flexibility index (Phi) is 4.82. The number of nitrogens with zero attached hydrogens (tertiary/aromatic N) is 4. The van der Waals surface area contributed by atoms with Crippen LogP contribution in [0.2, 0.25) is 0 Å².